The Labute approximate surface area is 470 Å². The van der Waals surface area contributed by atoms with Crippen LogP contribution in [0.1, 0.15) is 329 Å². The van der Waals surface area contributed by atoms with Crippen molar-refractivity contribution in [2.45, 2.75) is 329 Å². The van der Waals surface area contributed by atoms with Crippen LogP contribution in [0.2, 0.25) is 0 Å². The molecule has 0 aromatic rings. The topological polar surface area (TPSA) is 210 Å². The molecule has 0 aliphatic heterocycles. The van der Waals surface area contributed by atoms with Crippen molar-refractivity contribution in [1.82, 2.24) is 0 Å². The number of hydrogen-bond acceptors (Lipinski definition) is 9. The van der Waals surface area contributed by atoms with E-state index in [1.165, 1.54) is 250 Å². The molecule has 0 saturated heterocycles. The second-order valence-electron chi connectivity index (χ2n) is 18.2. The van der Waals surface area contributed by atoms with Gasteiger partial charge in [0.25, 0.3) is 0 Å². The van der Waals surface area contributed by atoms with Crippen molar-refractivity contribution >= 4 is 98.7 Å². The average molecular weight is 1010 g/mol. The van der Waals surface area contributed by atoms with Crippen molar-refractivity contribution in [1.29, 1.82) is 0 Å². The molecule has 0 rings (SSSR count). The fourth-order valence-electron chi connectivity index (χ4n) is 7.92. The molecule has 0 bridgehead atoms. The van der Waals surface area contributed by atoms with Gasteiger partial charge in [0.05, 0.1) is 0 Å². The SMILES string of the molecule is CCCCCCCCCCCCCCCCCC(=O)[O-].CCCCCCCCCCCCCCCCCC(=O)[O-].CCCCCCCCCCCCCCCCCC(=O)[O-].[Al+3].[Al+3].[MgH2].[MgH2].[OH-].[OH-].[OH-]. The minimum Gasteiger partial charge on any atom is -0.870 e. The van der Waals surface area contributed by atoms with Gasteiger partial charge in [-0.3, -0.25) is 0 Å². The molecule has 67 heavy (non-hydrogen) atoms. The van der Waals surface area contributed by atoms with E-state index in [1.807, 2.05) is 0 Å². The molecule has 0 amide bonds. The first kappa shape index (κ1) is 90.6. The van der Waals surface area contributed by atoms with Gasteiger partial charge in [-0.05, 0) is 38.5 Å². The van der Waals surface area contributed by atoms with Crippen molar-refractivity contribution in [2.75, 3.05) is 0 Å². The maximum absolute atomic E-state index is 10.2. The zero-order valence-electron chi connectivity index (χ0n) is 43.4. The van der Waals surface area contributed by atoms with E-state index in [0.717, 1.165) is 38.5 Å². The Kier molecular flexibility index (Phi) is 117. The van der Waals surface area contributed by atoms with Crippen LogP contribution >= 0.6 is 0 Å². The molecule has 0 saturated carbocycles. The maximum atomic E-state index is 10.2. The van der Waals surface area contributed by atoms with Crippen LogP contribution < -0.4 is 15.3 Å². The van der Waals surface area contributed by atoms with Crippen LogP contribution in [0.3, 0.4) is 0 Å². The third kappa shape index (κ3) is 105. The normalized spacial score (nSPS) is 9.72. The van der Waals surface area contributed by atoms with E-state index >= 15 is 0 Å². The van der Waals surface area contributed by atoms with Gasteiger partial charge in [0.15, 0.2) is 0 Å². The van der Waals surface area contributed by atoms with E-state index < -0.39 is 17.9 Å². The van der Waals surface area contributed by atoms with E-state index in [4.69, 9.17) is 0 Å². The molecule has 392 valence electrons. The molecule has 0 aromatic carbocycles. The van der Waals surface area contributed by atoms with E-state index in [-0.39, 0.29) is 117 Å². The quantitative estimate of drug-likeness (QED) is 0.0418. The van der Waals surface area contributed by atoms with Gasteiger partial charge in [-0.15, -0.1) is 0 Å². The Hall–Kier alpha value is 0.887. The Morgan fingerprint density at radius 2 is 0.313 bits per heavy atom. The molecular formula is C54H112Al2Mg2O9. The Morgan fingerprint density at radius 3 is 0.403 bits per heavy atom. The van der Waals surface area contributed by atoms with E-state index in [0.29, 0.717) is 0 Å². The largest absolute Gasteiger partial charge is 3.00 e. The van der Waals surface area contributed by atoms with Crippen LogP contribution in [0.15, 0.2) is 0 Å². The van der Waals surface area contributed by atoms with E-state index in [2.05, 4.69) is 20.8 Å². The van der Waals surface area contributed by atoms with Crippen molar-refractivity contribution in [2.24, 2.45) is 0 Å². The Bertz CT molecular complexity index is 744. The summed E-state index contributed by atoms with van der Waals surface area (Å²) in [5.41, 5.74) is 0. The Balaban J connectivity index is -0.0000000864. The molecule has 0 unspecified atom stereocenters. The third-order valence-corrected chi connectivity index (χ3v) is 12.0. The van der Waals surface area contributed by atoms with Crippen LogP contribution in [0.5, 0.6) is 0 Å². The van der Waals surface area contributed by atoms with Gasteiger partial charge in [-0.1, -0.05) is 290 Å². The first-order valence-electron chi connectivity index (χ1n) is 26.9. The molecule has 0 spiro atoms. The molecule has 0 atom stereocenters. The second-order valence-corrected chi connectivity index (χ2v) is 18.2. The van der Waals surface area contributed by atoms with Crippen molar-refractivity contribution < 1.29 is 46.1 Å². The molecule has 0 aromatic heterocycles. The molecule has 0 radical (unpaired) electrons. The third-order valence-electron chi connectivity index (χ3n) is 12.0. The van der Waals surface area contributed by atoms with Crippen molar-refractivity contribution in [3.63, 3.8) is 0 Å². The van der Waals surface area contributed by atoms with Crippen LogP contribution in [-0.4, -0.2) is 115 Å². The molecule has 0 aliphatic rings. The minimum absolute atomic E-state index is 0. The second kappa shape index (κ2) is 86.7. The van der Waals surface area contributed by atoms with Crippen LogP contribution in [0.25, 0.3) is 0 Å². The summed E-state index contributed by atoms with van der Waals surface area (Å²) >= 11 is 0. The average Bonchev–Trinajstić information content (AvgIpc) is 3.22. The summed E-state index contributed by atoms with van der Waals surface area (Å²) in [6.07, 6.45) is 59.6. The standard InChI is InChI=1S/3C18H36O2.2Al.2Mg.3H2O.4H/c3*1-2-3-4-5-6-7-8-9-10-11-12-13-14-15-16-17-18(19)20;;;;;;;;;;;/h3*2-17H2,1H3,(H,19,20);;;;;3*1H2;;;;/q;;;2*+3;;;;;;;;;/p-6. The van der Waals surface area contributed by atoms with Gasteiger partial charge in [-0.2, -0.15) is 0 Å². The first-order chi connectivity index (χ1) is 29.3. The number of carbonyl (C=O) groups is 3. The van der Waals surface area contributed by atoms with Gasteiger partial charge in [0.2, 0.25) is 0 Å². The number of carbonyl (C=O) groups excluding carboxylic acids is 3. The molecule has 3 N–H and O–H groups in total. The fourth-order valence-corrected chi connectivity index (χ4v) is 7.92. The summed E-state index contributed by atoms with van der Waals surface area (Å²) in [5, 5.41) is 30.7. The molecule has 0 aliphatic carbocycles. The van der Waals surface area contributed by atoms with Gasteiger partial charge in [0, 0.05) is 17.9 Å². The number of unbranched alkanes of at least 4 members (excludes halogenated alkanes) is 42. The summed E-state index contributed by atoms with van der Waals surface area (Å²) < 4.78 is 0. The summed E-state index contributed by atoms with van der Waals surface area (Å²) in [4.78, 5) is 30.7. The molecule has 0 fully saturated rings. The Morgan fingerprint density at radius 1 is 0.224 bits per heavy atom. The summed E-state index contributed by atoms with van der Waals surface area (Å²) in [6, 6.07) is 0. The first-order valence-corrected chi connectivity index (χ1v) is 26.9. The van der Waals surface area contributed by atoms with Crippen LogP contribution in [0.4, 0.5) is 0 Å². The zero-order valence-corrected chi connectivity index (χ0v) is 45.7. The predicted octanol–water partition coefficient (Wildman–Crippen LogP) is 11.9. The fraction of sp³-hybridized carbons (Fsp3) is 0.944. The molecule has 9 nitrogen and oxygen atoms in total. The predicted molar refractivity (Wildman–Crippen MR) is 288 cm³/mol. The minimum atomic E-state index is -0.903. The zero-order chi connectivity index (χ0) is 44.7. The van der Waals surface area contributed by atoms with Crippen molar-refractivity contribution in [3.05, 3.63) is 0 Å². The van der Waals surface area contributed by atoms with E-state index in [1.54, 1.807) is 0 Å². The van der Waals surface area contributed by atoms with Gasteiger partial charge >= 0.3 is 80.8 Å². The summed E-state index contributed by atoms with van der Waals surface area (Å²) in [6.45, 7) is 6.80. The summed E-state index contributed by atoms with van der Waals surface area (Å²) in [7, 11) is 0. The number of rotatable bonds is 48. The molecule has 13 heteroatoms. The smallest absolute Gasteiger partial charge is 0.870 e. The number of hydrogen-bond donors (Lipinski definition) is 0. The molecular weight excluding hydrogens is 895 g/mol. The number of aliphatic carboxylic acids is 3. The van der Waals surface area contributed by atoms with Gasteiger partial charge in [0.1, 0.15) is 0 Å². The van der Waals surface area contributed by atoms with Crippen LogP contribution in [0, 0.1) is 0 Å². The van der Waals surface area contributed by atoms with Crippen molar-refractivity contribution in [3.8, 4) is 0 Å². The van der Waals surface area contributed by atoms with Gasteiger partial charge in [-0.25, -0.2) is 0 Å². The monoisotopic (exact) mass is 1010 g/mol. The van der Waals surface area contributed by atoms with Gasteiger partial charge < -0.3 is 46.1 Å². The number of carboxylic acid groups (broad SMARTS) is 3. The molecule has 0 heterocycles. The van der Waals surface area contributed by atoms with E-state index in [9.17, 15) is 29.7 Å². The summed E-state index contributed by atoms with van der Waals surface area (Å²) in [5.74, 6) is -2.71. The number of carboxylic acids is 3. The maximum Gasteiger partial charge on any atom is 3.00 e. The van der Waals surface area contributed by atoms with Crippen LogP contribution in [-0.2, 0) is 14.4 Å².